The molecule has 2 N–H and O–H groups in total. The van der Waals surface area contributed by atoms with Gasteiger partial charge in [0.1, 0.15) is 16.7 Å². The van der Waals surface area contributed by atoms with E-state index < -0.39 is 22.0 Å². The first-order chi connectivity index (χ1) is 10.7. The summed E-state index contributed by atoms with van der Waals surface area (Å²) in [5.41, 5.74) is 0.643. The minimum atomic E-state index is -4.05. The zero-order valence-electron chi connectivity index (χ0n) is 13.7. The maximum absolute atomic E-state index is 12.6. The van der Waals surface area contributed by atoms with Crippen LogP contribution in [0, 0.1) is 5.92 Å². The molecule has 0 aromatic heterocycles. The van der Waals surface area contributed by atoms with E-state index in [9.17, 15) is 18.3 Å². The van der Waals surface area contributed by atoms with Crippen molar-refractivity contribution in [1.29, 1.82) is 0 Å². The van der Waals surface area contributed by atoms with Gasteiger partial charge in [-0.05, 0) is 30.0 Å². The fourth-order valence-corrected chi connectivity index (χ4v) is 3.53. The molecule has 1 rings (SSSR count). The normalized spacial score (nSPS) is 13.1. The van der Waals surface area contributed by atoms with E-state index in [2.05, 4.69) is 4.72 Å². The van der Waals surface area contributed by atoms with Crippen LogP contribution in [0.15, 0.2) is 23.1 Å². The van der Waals surface area contributed by atoms with Crippen molar-refractivity contribution in [1.82, 2.24) is 4.72 Å². The molecule has 0 aliphatic heterocycles. The van der Waals surface area contributed by atoms with Crippen LogP contribution in [0.25, 0.3) is 0 Å². The Labute approximate surface area is 136 Å². The molecule has 23 heavy (non-hydrogen) atoms. The van der Waals surface area contributed by atoms with Crippen molar-refractivity contribution in [2.45, 2.75) is 37.8 Å². The number of rotatable bonds is 9. The highest BCUT2D eigenvalue weighted by atomic mass is 32.2. The monoisotopic (exact) mass is 345 g/mol. The van der Waals surface area contributed by atoms with E-state index in [4.69, 9.17) is 9.47 Å². The van der Waals surface area contributed by atoms with Crippen LogP contribution < -0.4 is 9.46 Å². The number of hydrogen-bond acceptors (Lipinski definition) is 5. The van der Waals surface area contributed by atoms with Gasteiger partial charge in [-0.1, -0.05) is 19.9 Å². The van der Waals surface area contributed by atoms with Crippen LogP contribution in [0.5, 0.6) is 5.75 Å². The lowest BCUT2D eigenvalue weighted by Gasteiger charge is -2.18. The maximum Gasteiger partial charge on any atom is 0.321 e. The molecular weight excluding hydrogens is 322 g/mol. The average Bonchev–Trinajstić information content (AvgIpc) is 2.46. The highest BCUT2D eigenvalue weighted by Gasteiger charge is 2.28. The van der Waals surface area contributed by atoms with E-state index in [1.807, 2.05) is 13.8 Å². The quantitative estimate of drug-likeness (QED) is 0.705. The molecule has 0 saturated heterocycles. The van der Waals surface area contributed by atoms with Crippen molar-refractivity contribution in [3.8, 4) is 5.75 Å². The number of hydrogen-bond donors (Lipinski definition) is 2. The highest BCUT2D eigenvalue weighted by molar-refractivity contribution is 7.89. The number of nitrogens with one attached hydrogen (secondary N) is 1. The van der Waals surface area contributed by atoms with Gasteiger partial charge in [-0.15, -0.1) is 0 Å². The molecule has 0 unspecified atom stereocenters. The van der Waals surface area contributed by atoms with Crippen molar-refractivity contribution >= 4 is 16.0 Å². The van der Waals surface area contributed by atoms with E-state index >= 15 is 0 Å². The molecule has 0 fully saturated rings. The molecule has 0 aliphatic rings. The summed E-state index contributed by atoms with van der Waals surface area (Å²) in [5.74, 6) is -1.04. The Morgan fingerprint density at radius 1 is 1.30 bits per heavy atom. The zero-order valence-corrected chi connectivity index (χ0v) is 14.5. The van der Waals surface area contributed by atoms with Gasteiger partial charge in [-0.25, -0.2) is 8.42 Å². The van der Waals surface area contributed by atoms with Crippen LogP contribution in [0.1, 0.15) is 25.8 Å². The molecule has 1 aromatic carbocycles. The third-order valence-electron chi connectivity index (χ3n) is 3.13. The number of carbonyl (C=O) groups is 1. The maximum atomic E-state index is 12.6. The van der Waals surface area contributed by atoms with Crippen LogP contribution in [-0.4, -0.2) is 39.8 Å². The predicted molar refractivity (Wildman–Crippen MR) is 84.9 cm³/mol. The van der Waals surface area contributed by atoms with Crippen LogP contribution >= 0.6 is 0 Å². The fraction of sp³-hybridized carbons (Fsp3) is 0.533. The summed E-state index contributed by atoms with van der Waals surface area (Å²) in [6, 6.07) is 3.42. The molecule has 0 amide bonds. The molecule has 1 aromatic rings. The van der Waals surface area contributed by atoms with E-state index in [1.165, 1.54) is 26.4 Å². The van der Waals surface area contributed by atoms with Crippen molar-refractivity contribution < 1.29 is 27.8 Å². The van der Waals surface area contributed by atoms with Gasteiger partial charge in [0.25, 0.3) is 0 Å². The second kappa shape index (κ2) is 8.28. The molecular formula is C15H23NO6S. The summed E-state index contributed by atoms with van der Waals surface area (Å²) in [6.45, 7) is 3.88. The Hall–Kier alpha value is -1.64. The third-order valence-corrected chi connectivity index (χ3v) is 4.62. The van der Waals surface area contributed by atoms with Gasteiger partial charge in [0.15, 0.2) is 0 Å². The number of sulfonamides is 1. The first kappa shape index (κ1) is 19.4. The van der Waals surface area contributed by atoms with Gasteiger partial charge in [0.05, 0.1) is 13.7 Å². The molecule has 130 valence electrons. The Balaban J connectivity index is 3.19. The molecule has 1 atom stereocenters. The van der Waals surface area contributed by atoms with Crippen molar-refractivity contribution in [2.24, 2.45) is 5.92 Å². The van der Waals surface area contributed by atoms with Gasteiger partial charge in [0, 0.05) is 7.11 Å². The third kappa shape index (κ3) is 5.49. The lowest BCUT2D eigenvalue weighted by molar-refractivity contribution is -0.139. The summed E-state index contributed by atoms with van der Waals surface area (Å²) in [7, 11) is -1.19. The predicted octanol–water partition coefficient (Wildman–Crippen LogP) is 1.62. The Kier molecular flexibility index (Phi) is 6.99. The molecule has 8 heteroatoms. The lowest BCUT2D eigenvalue weighted by Crippen LogP contribution is -2.41. The number of carboxylic acid groups (broad SMARTS) is 1. The molecule has 0 heterocycles. The van der Waals surface area contributed by atoms with Crippen LogP contribution in [0.3, 0.4) is 0 Å². The van der Waals surface area contributed by atoms with Crippen LogP contribution in [0.4, 0.5) is 0 Å². The van der Waals surface area contributed by atoms with E-state index in [0.717, 1.165) is 0 Å². The van der Waals surface area contributed by atoms with Crippen LogP contribution in [0.2, 0.25) is 0 Å². The van der Waals surface area contributed by atoms with Gasteiger partial charge in [0.2, 0.25) is 10.0 Å². The second-order valence-electron chi connectivity index (χ2n) is 5.56. The number of ether oxygens (including phenoxy) is 2. The number of benzene rings is 1. The summed E-state index contributed by atoms with van der Waals surface area (Å²) in [4.78, 5) is 11.2. The summed E-state index contributed by atoms with van der Waals surface area (Å²) < 4.78 is 37.4. The summed E-state index contributed by atoms with van der Waals surface area (Å²) in [5, 5.41) is 9.22. The zero-order chi connectivity index (χ0) is 17.6. The molecule has 0 bridgehead atoms. The average molecular weight is 345 g/mol. The largest absolute Gasteiger partial charge is 0.495 e. The number of methoxy groups -OCH3 is 2. The first-order valence-electron chi connectivity index (χ1n) is 7.12. The first-order valence-corrected chi connectivity index (χ1v) is 8.60. The molecule has 7 nitrogen and oxygen atoms in total. The Morgan fingerprint density at radius 3 is 2.43 bits per heavy atom. The van der Waals surface area contributed by atoms with E-state index in [1.54, 1.807) is 6.07 Å². The molecule has 0 aliphatic carbocycles. The molecule has 0 saturated carbocycles. The van der Waals surface area contributed by atoms with Gasteiger partial charge in [-0.3, -0.25) is 4.79 Å². The van der Waals surface area contributed by atoms with Crippen LogP contribution in [-0.2, 0) is 26.2 Å². The minimum Gasteiger partial charge on any atom is -0.495 e. The molecule has 0 radical (unpaired) electrons. The van der Waals surface area contributed by atoms with Crippen molar-refractivity contribution in [3.05, 3.63) is 23.8 Å². The Bertz CT molecular complexity index is 641. The summed E-state index contributed by atoms with van der Waals surface area (Å²) in [6.07, 6.45) is 0.189. The lowest BCUT2D eigenvalue weighted by atomic mass is 10.1. The number of aliphatic carboxylic acids is 1. The van der Waals surface area contributed by atoms with E-state index in [-0.39, 0.29) is 29.6 Å². The molecule has 0 spiro atoms. The fourth-order valence-electron chi connectivity index (χ4n) is 2.11. The van der Waals surface area contributed by atoms with Gasteiger partial charge >= 0.3 is 5.97 Å². The number of carboxylic acids is 1. The standard InChI is InChI=1S/C15H23NO6S/c1-10(2)7-12(15(17)18)16-23(19,20)14-8-11(9-21-3)5-6-13(14)22-4/h5-6,8,10,12,16H,7,9H2,1-4H3,(H,17,18)/t12-/m1/s1. The van der Waals surface area contributed by atoms with Crippen molar-refractivity contribution in [3.63, 3.8) is 0 Å². The summed E-state index contributed by atoms with van der Waals surface area (Å²) >= 11 is 0. The van der Waals surface area contributed by atoms with E-state index in [0.29, 0.717) is 5.56 Å². The SMILES string of the molecule is COCc1ccc(OC)c(S(=O)(=O)N[C@H](CC(C)C)C(=O)O)c1. The smallest absolute Gasteiger partial charge is 0.321 e. The second-order valence-corrected chi connectivity index (χ2v) is 7.24. The minimum absolute atomic E-state index is 0.0283. The van der Waals surface area contributed by atoms with Gasteiger partial charge < -0.3 is 14.6 Å². The van der Waals surface area contributed by atoms with Crippen molar-refractivity contribution in [2.75, 3.05) is 14.2 Å². The van der Waals surface area contributed by atoms with Gasteiger partial charge in [-0.2, -0.15) is 4.72 Å². The topological polar surface area (TPSA) is 102 Å². The Morgan fingerprint density at radius 2 is 1.96 bits per heavy atom. The highest BCUT2D eigenvalue weighted by Crippen LogP contribution is 2.25.